The molecule has 11 heavy (non-hydrogen) atoms. The third-order valence-corrected chi connectivity index (χ3v) is 1.45. The van der Waals surface area contributed by atoms with Gasteiger partial charge in [-0.1, -0.05) is 32.4 Å². The van der Waals surface area contributed by atoms with Crippen molar-refractivity contribution in [3.05, 3.63) is 17.4 Å². The molecule has 0 saturated carbocycles. The molecule has 0 unspecified atom stereocenters. The second kappa shape index (κ2) is 2.86. The van der Waals surface area contributed by atoms with Gasteiger partial charge in [0, 0.05) is 12.7 Å². The van der Waals surface area contributed by atoms with Crippen LogP contribution in [0.25, 0.3) is 0 Å². The Morgan fingerprint density at radius 1 is 1.55 bits per heavy atom. The predicted molar refractivity (Wildman–Crippen MR) is 46.7 cm³/mol. The normalized spacial score (nSPS) is 12.0. The van der Waals surface area contributed by atoms with Gasteiger partial charge in [-0.05, 0) is 11.5 Å². The van der Waals surface area contributed by atoms with Gasteiger partial charge < -0.3 is 0 Å². The summed E-state index contributed by atoms with van der Waals surface area (Å²) in [5.74, 6) is 0. The van der Waals surface area contributed by atoms with Crippen LogP contribution in [0.3, 0.4) is 0 Å². The quantitative estimate of drug-likeness (QED) is 0.637. The van der Waals surface area contributed by atoms with E-state index in [1.165, 1.54) is 0 Å². The van der Waals surface area contributed by atoms with Crippen LogP contribution < -0.4 is 0 Å². The Labute approximate surface area is 72.2 Å². The van der Waals surface area contributed by atoms with Crippen LogP contribution >= 0.6 is 11.6 Å². The molecule has 0 radical (unpaired) electrons. The molecule has 0 atom stereocenters. The summed E-state index contributed by atoms with van der Waals surface area (Å²) in [6, 6.07) is 1.80. The van der Waals surface area contributed by atoms with E-state index in [0.29, 0.717) is 5.15 Å². The van der Waals surface area contributed by atoms with Crippen molar-refractivity contribution in [3.8, 4) is 0 Å². The number of rotatable bonds is 1. The number of nitrogens with zero attached hydrogens (tertiary/aromatic N) is 2. The molecule has 0 amide bonds. The van der Waals surface area contributed by atoms with Crippen molar-refractivity contribution in [3.63, 3.8) is 0 Å². The van der Waals surface area contributed by atoms with Crippen LogP contribution in [0.4, 0.5) is 0 Å². The molecular formula is C8H13ClN2. The van der Waals surface area contributed by atoms with E-state index in [4.69, 9.17) is 11.6 Å². The fourth-order valence-electron chi connectivity index (χ4n) is 0.911. The fourth-order valence-corrected chi connectivity index (χ4v) is 1.06. The van der Waals surface area contributed by atoms with Gasteiger partial charge in [0.05, 0.1) is 0 Å². The molecule has 0 bridgehead atoms. The second-order valence-corrected chi connectivity index (χ2v) is 4.28. The van der Waals surface area contributed by atoms with Crippen LogP contribution in [0.15, 0.2) is 12.3 Å². The first-order valence-corrected chi connectivity index (χ1v) is 4.04. The minimum Gasteiger partial charge on any atom is -0.271 e. The summed E-state index contributed by atoms with van der Waals surface area (Å²) < 4.78 is 1.86. The third kappa shape index (κ3) is 2.93. The SMILES string of the molecule is CC(C)(C)Cn1ccc(Cl)n1. The molecule has 1 aromatic rings. The monoisotopic (exact) mass is 172 g/mol. The molecule has 0 fully saturated rings. The second-order valence-electron chi connectivity index (χ2n) is 3.90. The van der Waals surface area contributed by atoms with Crippen molar-refractivity contribution in [1.82, 2.24) is 9.78 Å². The molecule has 1 rings (SSSR count). The largest absolute Gasteiger partial charge is 0.271 e. The highest BCUT2D eigenvalue weighted by Gasteiger charge is 2.11. The molecule has 2 nitrogen and oxygen atoms in total. The zero-order valence-corrected chi connectivity index (χ0v) is 7.89. The Bertz CT molecular complexity index is 234. The van der Waals surface area contributed by atoms with Crippen LogP contribution in [-0.2, 0) is 6.54 Å². The first kappa shape index (κ1) is 8.60. The molecule has 0 aromatic carbocycles. The Balaban J connectivity index is 2.65. The third-order valence-electron chi connectivity index (χ3n) is 1.24. The van der Waals surface area contributed by atoms with E-state index in [9.17, 15) is 0 Å². The smallest absolute Gasteiger partial charge is 0.151 e. The van der Waals surface area contributed by atoms with Crippen molar-refractivity contribution < 1.29 is 0 Å². The highest BCUT2D eigenvalue weighted by molar-refractivity contribution is 6.29. The van der Waals surface area contributed by atoms with Gasteiger partial charge in [0.2, 0.25) is 0 Å². The van der Waals surface area contributed by atoms with Gasteiger partial charge >= 0.3 is 0 Å². The topological polar surface area (TPSA) is 17.8 Å². The minimum absolute atomic E-state index is 0.259. The van der Waals surface area contributed by atoms with Gasteiger partial charge in [0.1, 0.15) is 0 Å². The number of hydrogen-bond acceptors (Lipinski definition) is 1. The van der Waals surface area contributed by atoms with Gasteiger partial charge in [-0.3, -0.25) is 4.68 Å². The van der Waals surface area contributed by atoms with Crippen LogP contribution in [0, 0.1) is 5.41 Å². The lowest BCUT2D eigenvalue weighted by Crippen LogP contribution is -2.15. The number of aromatic nitrogens is 2. The average Bonchev–Trinajstić information content (AvgIpc) is 2.10. The lowest BCUT2D eigenvalue weighted by Gasteiger charge is -2.17. The first-order valence-electron chi connectivity index (χ1n) is 3.66. The van der Waals surface area contributed by atoms with Crippen LogP contribution in [0.2, 0.25) is 5.15 Å². The maximum atomic E-state index is 5.66. The van der Waals surface area contributed by atoms with E-state index in [1.54, 1.807) is 6.07 Å². The highest BCUT2D eigenvalue weighted by Crippen LogP contribution is 2.16. The molecule has 0 aliphatic rings. The van der Waals surface area contributed by atoms with Gasteiger partial charge in [0.25, 0.3) is 0 Å². The highest BCUT2D eigenvalue weighted by atomic mass is 35.5. The van der Waals surface area contributed by atoms with Crippen molar-refractivity contribution in [2.75, 3.05) is 0 Å². The lowest BCUT2D eigenvalue weighted by atomic mass is 9.97. The molecule has 0 N–H and O–H groups in total. The molecule has 0 aliphatic carbocycles. The van der Waals surface area contributed by atoms with E-state index < -0.39 is 0 Å². The van der Waals surface area contributed by atoms with E-state index in [1.807, 2.05) is 10.9 Å². The Morgan fingerprint density at radius 3 is 2.55 bits per heavy atom. The Morgan fingerprint density at radius 2 is 2.18 bits per heavy atom. The van der Waals surface area contributed by atoms with Crippen molar-refractivity contribution in [1.29, 1.82) is 0 Å². The predicted octanol–water partition coefficient (Wildman–Crippen LogP) is 2.58. The van der Waals surface area contributed by atoms with Gasteiger partial charge in [0.15, 0.2) is 5.15 Å². The lowest BCUT2D eigenvalue weighted by molar-refractivity contribution is 0.325. The van der Waals surface area contributed by atoms with Crippen LogP contribution in [-0.4, -0.2) is 9.78 Å². The van der Waals surface area contributed by atoms with E-state index in [-0.39, 0.29) is 5.41 Å². The zero-order valence-electron chi connectivity index (χ0n) is 7.13. The summed E-state index contributed by atoms with van der Waals surface area (Å²) >= 11 is 5.66. The summed E-state index contributed by atoms with van der Waals surface area (Å²) in [5, 5.41) is 4.64. The van der Waals surface area contributed by atoms with E-state index in [2.05, 4.69) is 25.9 Å². The Hall–Kier alpha value is -0.500. The molecule has 1 heterocycles. The molecule has 0 spiro atoms. The van der Waals surface area contributed by atoms with E-state index >= 15 is 0 Å². The molecule has 62 valence electrons. The van der Waals surface area contributed by atoms with Crippen molar-refractivity contribution in [2.24, 2.45) is 5.41 Å². The summed E-state index contributed by atoms with van der Waals surface area (Å²) in [6.07, 6.45) is 1.90. The van der Waals surface area contributed by atoms with Gasteiger partial charge in [-0.2, -0.15) is 5.10 Å². The zero-order chi connectivity index (χ0) is 8.48. The standard InChI is InChI=1S/C8H13ClN2/c1-8(2,3)6-11-5-4-7(9)10-11/h4-5H,6H2,1-3H3. The summed E-state index contributed by atoms with van der Waals surface area (Å²) in [7, 11) is 0. The number of halogens is 1. The fraction of sp³-hybridized carbons (Fsp3) is 0.625. The van der Waals surface area contributed by atoms with Crippen molar-refractivity contribution in [2.45, 2.75) is 27.3 Å². The number of hydrogen-bond donors (Lipinski definition) is 0. The molecule has 1 aromatic heterocycles. The van der Waals surface area contributed by atoms with Crippen LogP contribution in [0.5, 0.6) is 0 Å². The van der Waals surface area contributed by atoms with Crippen molar-refractivity contribution >= 4 is 11.6 Å². The first-order chi connectivity index (χ1) is 4.97. The Kier molecular flexibility index (Phi) is 2.23. The summed E-state index contributed by atoms with van der Waals surface area (Å²) in [4.78, 5) is 0. The average molecular weight is 173 g/mol. The maximum absolute atomic E-state index is 5.66. The van der Waals surface area contributed by atoms with Crippen LogP contribution in [0.1, 0.15) is 20.8 Å². The van der Waals surface area contributed by atoms with E-state index in [0.717, 1.165) is 6.54 Å². The minimum atomic E-state index is 0.259. The molecular weight excluding hydrogens is 160 g/mol. The molecule has 3 heteroatoms. The molecule has 0 saturated heterocycles. The maximum Gasteiger partial charge on any atom is 0.151 e. The van der Waals surface area contributed by atoms with Gasteiger partial charge in [-0.15, -0.1) is 0 Å². The summed E-state index contributed by atoms with van der Waals surface area (Å²) in [6.45, 7) is 7.41. The molecule has 0 aliphatic heterocycles. The summed E-state index contributed by atoms with van der Waals surface area (Å²) in [5.41, 5.74) is 0.259. The van der Waals surface area contributed by atoms with Gasteiger partial charge in [-0.25, -0.2) is 0 Å².